The van der Waals surface area contributed by atoms with Crippen LogP contribution in [0, 0.1) is 0 Å². The number of rotatable bonds is 6. The smallest absolute Gasteiger partial charge is 0.159 e. The molecule has 0 N–H and O–H groups in total. The van der Waals surface area contributed by atoms with Crippen LogP contribution in [0.5, 0.6) is 0 Å². The van der Waals surface area contributed by atoms with Crippen LogP contribution >= 0.6 is 56.7 Å². The maximum Gasteiger partial charge on any atom is 0.159 e. The largest absolute Gasteiger partial charge is 0.308 e. The van der Waals surface area contributed by atoms with Gasteiger partial charge in [0.2, 0.25) is 0 Å². The van der Waals surface area contributed by atoms with E-state index in [-0.39, 0.29) is 0 Å². The summed E-state index contributed by atoms with van der Waals surface area (Å²) in [6.07, 6.45) is 7.47. The van der Waals surface area contributed by atoms with Crippen LogP contribution in [-0.2, 0) is 0 Å². The quantitative estimate of drug-likeness (QED) is 0.166. The second-order valence-electron chi connectivity index (χ2n) is 27.6. The fraction of sp³-hybridized carbons (Fsp3) is 0. The van der Waals surface area contributed by atoms with E-state index >= 15 is 0 Å². The number of pyridine rings is 3. The molecule has 0 spiro atoms. The molecule has 0 atom stereocenters. The van der Waals surface area contributed by atoms with E-state index in [9.17, 15) is 0 Å². The van der Waals surface area contributed by atoms with Crippen LogP contribution in [0.4, 0.5) is 0 Å². The number of hydrogen-bond acceptors (Lipinski definition) is 10. The van der Waals surface area contributed by atoms with Gasteiger partial charge in [-0.1, -0.05) is 158 Å². The Morgan fingerprint density at radius 3 is 1.27 bits per heavy atom. The summed E-state index contributed by atoms with van der Waals surface area (Å²) < 4.78 is 17.2. The number of thiophene rings is 5. The second kappa shape index (κ2) is 26.8. The molecule has 0 aliphatic rings. The lowest BCUT2D eigenvalue weighted by Crippen LogP contribution is -1.98. The van der Waals surface area contributed by atoms with Crippen molar-refractivity contribution >= 4 is 215 Å². The Morgan fingerprint density at radius 1 is 0.261 bits per heavy atom. The lowest BCUT2D eigenvalue weighted by atomic mass is 10.1. The molecule has 111 heavy (non-hydrogen) atoms. The summed E-state index contributed by atoms with van der Waals surface area (Å²) in [7, 11) is 0. The Morgan fingerprint density at radius 2 is 0.712 bits per heavy atom. The summed E-state index contributed by atoms with van der Waals surface area (Å²) in [4.78, 5) is 23.5. The SMILES string of the molecule is c1ccc(-c2ncc(-n3c4ccccc4c4cc5ccsc5cc43)cn2)cc1.c1ccc2c(c1)sc1c(-n3c4ccccc4c4cc5ccsc5cc43)cccc12.c1ccc2nc(-n3c4ccccc4c4cc5ccsc5cc43)ccc2c1.c1cncc(-c2cccc(-n3c4ccccc4c4cc5ccsc5cc43)n2)c1. The molecule has 14 heteroatoms. The minimum Gasteiger partial charge on any atom is -0.308 e. The number of fused-ring (bicyclic) bond motifs is 20. The molecule has 0 saturated carbocycles. The van der Waals surface area contributed by atoms with Gasteiger partial charge in [-0.3, -0.25) is 14.1 Å². The van der Waals surface area contributed by atoms with Crippen LogP contribution in [0.25, 0.3) is 204 Å². The van der Waals surface area contributed by atoms with Crippen molar-refractivity contribution in [3.8, 4) is 45.7 Å². The molecule has 13 aromatic heterocycles. The Kier molecular flexibility index (Phi) is 15.7. The highest BCUT2D eigenvalue weighted by molar-refractivity contribution is 7.26. The van der Waals surface area contributed by atoms with E-state index < -0.39 is 0 Å². The van der Waals surface area contributed by atoms with Crippen molar-refractivity contribution in [3.05, 3.63) is 356 Å². The van der Waals surface area contributed by atoms with Crippen LogP contribution in [0.2, 0.25) is 0 Å². The monoisotopic (exact) mass is 1510 g/mol. The highest BCUT2D eigenvalue weighted by Crippen LogP contribution is 2.44. The summed E-state index contributed by atoms with van der Waals surface area (Å²) in [5.41, 5.74) is 15.9. The maximum atomic E-state index is 4.98. The van der Waals surface area contributed by atoms with Crippen molar-refractivity contribution in [3.63, 3.8) is 0 Å². The molecule has 0 saturated heterocycles. The molecule has 0 fully saturated rings. The van der Waals surface area contributed by atoms with E-state index in [4.69, 9.17) is 9.97 Å². The highest BCUT2D eigenvalue weighted by atomic mass is 32.1. The van der Waals surface area contributed by atoms with Crippen LogP contribution in [0.3, 0.4) is 0 Å². The first-order valence-corrected chi connectivity index (χ1v) is 41.0. The van der Waals surface area contributed by atoms with Crippen LogP contribution < -0.4 is 0 Å². The first kappa shape index (κ1) is 64.8. The normalized spacial score (nSPS) is 11.8. The van der Waals surface area contributed by atoms with Crippen molar-refractivity contribution in [2.45, 2.75) is 0 Å². The molecule has 25 aromatic rings. The summed E-state index contributed by atoms with van der Waals surface area (Å²) >= 11 is 9.03. The van der Waals surface area contributed by atoms with Crippen LogP contribution in [0.1, 0.15) is 0 Å². The van der Waals surface area contributed by atoms with E-state index in [0.717, 1.165) is 50.9 Å². The van der Waals surface area contributed by atoms with Crippen molar-refractivity contribution in [2.24, 2.45) is 0 Å². The Bertz CT molecular complexity index is 7930. The zero-order valence-electron chi connectivity index (χ0n) is 59.1. The van der Waals surface area contributed by atoms with Gasteiger partial charge >= 0.3 is 0 Å². The third kappa shape index (κ3) is 11.1. The summed E-state index contributed by atoms with van der Waals surface area (Å²) in [5, 5.41) is 27.9. The van der Waals surface area contributed by atoms with E-state index in [1.165, 1.54) is 153 Å². The zero-order valence-corrected chi connectivity index (χ0v) is 63.2. The van der Waals surface area contributed by atoms with Crippen molar-refractivity contribution < 1.29 is 0 Å². The van der Waals surface area contributed by atoms with E-state index in [2.05, 4.69) is 310 Å². The molecule has 0 bridgehead atoms. The molecule has 12 aromatic carbocycles. The van der Waals surface area contributed by atoms with Gasteiger partial charge in [0.25, 0.3) is 0 Å². The van der Waals surface area contributed by atoms with E-state index in [0.29, 0.717) is 0 Å². The fourth-order valence-corrected chi connectivity index (χ4v) is 20.6. The van der Waals surface area contributed by atoms with Crippen molar-refractivity contribution in [2.75, 3.05) is 0 Å². The topological polar surface area (TPSA) is 84.2 Å². The highest BCUT2D eigenvalue weighted by Gasteiger charge is 2.21. The predicted octanol–water partition coefficient (Wildman–Crippen LogP) is 27.8. The minimum atomic E-state index is 0.741. The molecule has 0 aliphatic carbocycles. The Hall–Kier alpha value is -13.3. The predicted molar refractivity (Wildman–Crippen MR) is 475 cm³/mol. The van der Waals surface area contributed by atoms with Gasteiger partial charge in [0.05, 0.1) is 83.8 Å². The first-order chi connectivity index (χ1) is 55.0. The van der Waals surface area contributed by atoms with Gasteiger partial charge in [-0.2, -0.15) is 0 Å². The number of benzene rings is 12. The van der Waals surface area contributed by atoms with Gasteiger partial charge in [0.15, 0.2) is 5.82 Å². The Labute approximate surface area is 654 Å². The van der Waals surface area contributed by atoms with Crippen LogP contribution in [0.15, 0.2) is 356 Å². The van der Waals surface area contributed by atoms with Gasteiger partial charge in [-0.05, 0) is 195 Å². The molecule has 0 radical (unpaired) electrons. The molecule has 0 unspecified atom stereocenters. The number of aromatic nitrogens is 9. The summed E-state index contributed by atoms with van der Waals surface area (Å²) in [5.74, 6) is 2.63. The van der Waals surface area contributed by atoms with Crippen molar-refractivity contribution in [1.82, 2.24) is 43.2 Å². The maximum absolute atomic E-state index is 4.98. The average Bonchev–Trinajstić information content (AvgIpc) is 1.59. The van der Waals surface area contributed by atoms with Gasteiger partial charge < -0.3 is 9.13 Å². The molecule has 25 rings (SSSR count). The van der Waals surface area contributed by atoms with Crippen LogP contribution in [-0.4, -0.2) is 43.2 Å². The Balaban J connectivity index is 0.0000000911. The second-order valence-corrected chi connectivity index (χ2v) is 32.4. The molecule has 13 heterocycles. The van der Waals surface area contributed by atoms with Gasteiger partial charge in [0.1, 0.15) is 11.6 Å². The van der Waals surface area contributed by atoms with Gasteiger partial charge in [-0.25, -0.2) is 19.9 Å². The zero-order chi connectivity index (χ0) is 73.0. The molecule has 522 valence electrons. The lowest BCUT2D eigenvalue weighted by Gasteiger charge is -2.09. The third-order valence-corrected chi connectivity index (χ3v) is 26.0. The average molecular weight is 1510 g/mol. The molecule has 0 aliphatic heterocycles. The molecule has 9 nitrogen and oxygen atoms in total. The van der Waals surface area contributed by atoms with E-state index in [1.807, 2.05) is 95.9 Å². The van der Waals surface area contributed by atoms with Gasteiger partial charge in [0, 0.05) is 106 Å². The number of hydrogen-bond donors (Lipinski definition) is 0. The molecular formula is C97H59N9S5. The minimum absolute atomic E-state index is 0.741. The molecule has 0 amide bonds. The lowest BCUT2D eigenvalue weighted by molar-refractivity contribution is 1.08. The standard InChI is InChI=1S/C26H15NS2.2C24H15N3S.C23H14N2S/c1-3-9-21-17(6-1)20-14-16-12-13-28-25(16)15-23(20)27(21)22-10-5-8-19-18-7-2-4-11-24(18)29-26(19)22;1-2-8-21-18(6-1)19-13-16-10-12-28-23(16)14-22(19)27(21)24-9-3-7-20(26-24)17-5-4-11-25-15-17;1-2-6-16(7-3-1)24-25-14-18(15-26-24)27-21-9-5-4-8-19(21)20-12-17-10-11-28-23(17)13-22(20)27;1-3-7-19-15(5-1)9-10-23(24-19)25-20-8-4-2-6-17(20)18-13-16-11-12-26-22(16)14-21(18)25/h1-15H;2*1-15H;1-14H. The fourth-order valence-electron chi connectivity index (χ4n) is 16.2. The van der Waals surface area contributed by atoms with E-state index in [1.54, 1.807) is 40.2 Å². The molecular weight excluding hydrogens is 1450 g/mol. The number of para-hydroxylation sites is 5. The third-order valence-electron chi connectivity index (χ3n) is 21.3. The first-order valence-electron chi connectivity index (χ1n) is 36.7. The van der Waals surface area contributed by atoms with Crippen molar-refractivity contribution in [1.29, 1.82) is 0 Å². The van der Waals surface area contributed by atoms with Gasteiger partial charge in [-0.15, -0.1) is 56.7 Å². The summed E-state index contributed by atoms with van der Waals surface area (Å²) in [6, 6.07) is 110. The summed E-state index contributed by atoms with van der Waals surface area (Å²) in [6.45, 7) is 0. The number of nitrogens with zero attached hydrogens (tertiary/aromatic N) is 9.